The van der Waals surface area contributed by atoms with Crippen molar-refractivity contribution in [2.24, 2.45) is 0 Å². The molecule has 0 saturated heterocycles. The van der Waals surface area contributed by atoms with Crippen LogP contribution in [0, 0.1) is 18.3 Å². The SMILES string of the molecule is Cc1ccc(/C=C(\C#N)c2ccc(-c3cn(CCC(=O)N(C)c4ccccc4)nn3)cc2)cc1. The van der Waals surface area contributed by atoms with Crippen molar-refractivity contribution in [2.75, 3.05) is 11.9 Å². The Kier molecular flexibility index (Phi) is 6.95. The maximum atomic E-state index is 12.5. The fraction of sp³-hybridized carbons (Fsp3) is 0.143. The highest BCUT2D eigenvalue weighted by Crippen LogP contribution is 2.23. The average molecular weight is 448 g/mol. The largest absolute Gasteiger partial charge is 0.315 e. The van der Waals surface area contributed by atoms with Gasteiger partial charge in [0.15, 0.2) is 0 Å². The van der Waals surface area contributed by atoms with Crippen molar-refractivity contribution in [2.45, 2.75) is 19.9 Å². The second-order valence-electron chi connectivity index (χ2n) is 8.06. The number of anilines is 1. The van der Waals surface area contributed by atoms with Gasteiger partial charge in [-0.25, -0.2) is 0 Å². The van der Waals surface area contributed by atoms with Crippen molar-refractivity contribution in [3.63, 3.8) is 0 Å². The van der Waals surface area contributed by atoms with Crippen LogP contribution in [0.3, 0.4) is 0 Å². The third-order valence-corrected chi connectivity index (χ3v) is 5.61. The normalized spacial score (nSPS) is 11.1. The molecule has 6 nitrogen and oxygen atoms in total. The first kappa shape index (κ1) is 22.7. The van der Waals surface area contributed by atoms with E-state index in [1.165, 1.54) is 5.56 Å². The van der Waals surface area contributed by atoms with Crippen LogP contribution in [0.5, 0.6) is 0 Å². The molecule has 4 rings (SSSR count). The number of allylic oxidation sites excluding steroid dienone is 1. The first-order chi connectivity index (χ1) is 16.5. The van der Waals surface area contributed by atoms with Gasteiger partial charge in [0.1, 0.15) is 5.69 Å². The second kappa shape index (κ2) is 10.4. The van der Waals surface area contributed by atoms with E-state index >= 15 is 0 Å². The van der Waals surface area contributed by atoms with Crippen molar-refractivity contribution in [3.8, 4) is 17.3 Å². The quantitative estimate of drug-likeness (QED) is 0.282. The lowest BCUT2D eigenvalue weighted by atomic mass is 10.0. The highest BCUT2D eigenvalue weighted by Gasteiger charge is 2.12. The number of aromatic nitrogens is 3. The van der Waals surface area contributed by atoms with Gasteiger partial charge in [0.2, 0.25) is 5.91 Å². The van der Waals surface area contributed by atoms with E-state index in [1.807, 2.05) is 98.1 Å². The summed E-state index contributed by atoms with van der Waals surface area (Å²) in [7, 11) is 1.77. The van der Waals surface area contributed by atoms with E-state index in [-0.39, 0.29) is 5.91 Å². The monoisotopic (exact) mass is 447 g/mol. The summed E-state index contributed by atoms with van der Waals surface area (Å²) >= 11 is 0. The summed E-state index contributed by atoms with van der Waals surface area (Å²) in [5.74, 6) is 0.0111. The predicted molar refractivity (Wildman–Crippen MR) is 135 cm³/mol. The lowest BCUT2D eigenvalue weighted by molar-refractivity contribution is -0.118. The number of nitrogens with zero attached hydrogens (tertiary/aromatic N) is 5. The molecule has 0 fully saturated rings. The van der Waals surface area contributed by atoms with E-state index < -0.39 is 0 Å². The molecule has 34 heavy (non-hydrogen) atoms. The molecule has 1 amide bonds. The third-order valence-electron chi connectivity index (χ3n) is 5.61. The summed E-state index contributed by atoms with van der Waals surface area (Å²) in [5, 5.41) is 18.0. The van der Waals surface area contributed by atoms with Crippen molar-refractivity contribution in [3.05, 3.63) is 102 Å². The number of carbonyl (C=O) groups is 1. The number of para-hydroxylation sites is 1. The number of rotatable bonds is 7. The minimum absolute atomic E-state index is 0.0111. The van der Waals surface area contributed by atoms with Gasteiger partial charge >= 0.3 is 0 Å². The van der Waals surface area contributed by atoms with Gasteiger partial charge in [0.05, 0.1) is 24.4 Å². The van der Waals surface area contributed by atoms with E-state index in [0.29, 0.717) is 18.5 Å². The van der Waals surface area contributed by atoms with Gasteiger partial charge in [-0.15, -0.1) is 5.10 Å². The Morgan fingerprint density at radius 2 is 1.74 bits per heavy atom. The fourth-order valence-corrected chi connectivity index (χ4v) is 3.54. The fourth-order valence-electron chi connectivity index (χ4n) is 3.54. The van der Waals surface area contributed by atoms with Crippen molar-refractivity contribution >= 4 is 23.2 Å². The van der Waals surface area contributed by atoms with Crippen molar-refractivity contribution in [1.82, 2.24) is 15.0 Å². The van der Waals surface area contributed by atoms with Gasteiger partial charge in [-0.2, -0.15) is 5.26 Å². The van der Waals surface area contributed by atoms with Gasteiger partial charge in [0, 0.05) is 24.7 Å². The van der Waals surface area contributed by atoms with Crippen LogP contribution in [0.2, 0.25) is 0 Å². The van der Waals surface area contributed by atoms with Crippen LogP contribution in [0.1, 0.15) is 23.1 Å². The summed E-state index contributed by atoms with van der Waals surface area (Å²) in [4.78, 5) is 14.2. The Morgan fingerprint density at radius 1 is 1.03 bits per heavy atom. The van der Waals surface area contributed by atoms with E-state index in [2.05, 4.69) is 16.4 Å². The standard InChI is InChI=1S/C28H25N5O/c1-21-8-10-22(11-9-21)18-25(19-29)23-12-14-24(15-13-23)27-20-33(31-30-27)17-16-28(34)32(2)26-6-4-3-5-7-26/h3-15,18,20H,16-17H2,1-2H3/b25-18+. The summed E-state index contributed by atoms with van der Waals surface area (Å²) in [5.41, 5.74) is 6.09. The molecule has 6 heteroatoms. The van der Waals surface area contributed by atoms with Crippen molar-refractivity contribution < 1.29 is 4.79 Å². The molecular weight excluding hydrogens is 422 g/mol. The molecule has 0 bridgehead atoms. The number of amides is 1. The zero-order valence-electron chi connectivity index (χ0n) is 19.2. The summed E-state index contributed by atoms with van der Waals surface area (Å²) in [6, 6.07) is 27.6. The highest BCUT2D eigenvalue weighted by atomic mass is 16.2. The van der Waals surface area contributed by atoms with Crippen LogP contribution >= 0.6 is 0 Å². The summed E-state index contributed by atoms with van der Waals surface area (Å²) < 4.78 is 1.68. The topological polar surface area (TPSA) is 74.8 Å². The van der Waals surface area contributed by atoms with Crippen molar-refractivity contribution in [1.29, 1.82) is 5.26 Å². The van der Waals surface area contributed by atoms with E-state index in [0.717, 1.165) is 28.1 Å². The third kappa shape index (κ3) is 5.45. The van der Waals surface area contributed by atoms with Gasteiger partial charge < -0.3 is 4.90 Å². The molecule has 0 N–H and O–H groups in total. The first-order valence-corrected chi connectivity index (χ1v) is 11.0. The smallest absolute Gasteiger partial charge is 0.228 e. The number of aryl methyl sites for hydroxylation is 2. The number of hydrogen-bond donors (Lipinski definition) is 0. The Labute approximate surface area is 199 Å². The molecule has 1 heterocycles. The lowest BCUT2D eigenvalue weighted by Gasteiger charge is -2.16. The average Bonchev–Trinajstić information content (AvgIpc) is 3.36. The summed E-state index contributed by atoms with van der Waals surface area (Å²) in [6.07, 6.45) is 4.04. The predicted octanol–water partition coefficient (Wildman–Crippen LogP) is 5.37. The maximum absolute atomic E-state index is 12.5. The first-order valence-electron chi connectivity index (χ1n) is 11.0. The minimum Gasteiger partial charge on any atom is -0.315 e. The van der Waals surface area contributed by atoms with Crippen LogP contribution in [0.4, 0.5) is 5.69 Å². The van der Waals surface area contributed by atoms with Gasteiger partial charge in [-0.1, -0.05) is 77.5 Å². The molecule has 0 aliphatic rings. The molecule has 0 saturated carbocycles. The number of carbonyl (C=O) groups excluding carboxylic acids is 1. The van der Waals surface area contributed by atoms with E-state index in [1.54, 1.807) is 16.6 Å². The minimum atomic E-state index is 0.0111. The molecule has 0 radical (unpaired) electrons. The van der Waals surface area contributed by atoms with Crippen LogP contribution in [0.25, 0.3) is 22.9 Å². The Bertz CT molecular complexity index is 1330. The lowest BCUT2D eigenvalue weighted by Crippen LogP contribution is -2.27. The van der Waals surface area contributed by atoms with Crippen LogP contribution in [0.15, 0.2) is 85.1 Å². The van der Waals surface area contributed by atoms with E-state index in [9.17, 15) is 10.1 Å². The number of hydrogen-bond acceptors (Lipinski definition) is 4. The molecule has 3 aromatic carbocycles. The van der Waals surface area contributed by atoms with Gasteiger partial charge in [-0.3, -0.25) is 9.48 Å². The van der Waals surface area contributed by atoms with Crippen LogP contribution in [-0.2, 0) is 11.3 Å². The maximum Gasteiger partial charge on any atom is 0.228 e. The van der Waals surface area contributed by atoms with Gasteiger partial charge in [0.25, 0.3) is 0 Å². The molecular formula is C28H25N5O. The molecule has 0 spiro atoms. The Balaban J connectivity index is 1.41. The van der Waals surface area contributed by atoms with Crippen LogP contribution < -0.4 is 4.90 Å². The highest BCUT2D eigenvalue weighted by molar-refractivity contribution is 5.92. The van der Waals surface area contributed by atoms with Gasteiger partial charge in [-0.05, 0) is 36.3 Å². The Hall–Kier alpha value is -4.50. The summed E-state index contributed by atoms with van der Waals surface area (Å²) in [6.45, 7) is 2.48. The molecule has 0 atom stereocenters. The zero-order chi connectivity index (χ0) is 23.9. The molecule has 1 aromatic heterocycles. The van der Waals surface area contributed by atoms with Crippen LogP contribution in [-0.4, -0.2) is 27.9 Å². The number of benzene rings is 3. The van der Waals surface area contributed by atoms with E-state index in [4.69, 9.17) is 0 Å². The zero-order valence-corrected chi connectivity index (χ0v) is 19.2. The molecule has 0 aliphatic carbocycles. The Morgan fingerprint density at radius 3 is 2.41 bits per heavy atom. The molecule has 168 valence electrons. The molecule has 0 aliphatic heterocycles. The molecule has 0 unspecified atom stereocenters. The number of nitriles is 1. The molecule has 4 aromatic rings. The second-order valence-corrected chi connectivity index (χ2v) is 8.06.